The summed E-state index contributed by atoms with van der Waals surface area (Å²) in [5.74, 6) is -0.276. The van der Waals surface area contributed by atoms with E-state index < -0.39 is 4.92 Å². The molecule has 1 aromatic carbocycles. The van der Waals surface area contributed by atoms with Crippen LogP contribution >= 0.6 is 0 Å². The Balaban J connectivity index is 2.13. The molecule has 1 fully saturated rings. The quantitative estimate of drug-likeness (QED) is 0.639. The van der Waals surface area contributed by atoms with Crippen LogP contribution in [0, 0.1) is 10.1 Å². The standard InChI is InChI=1S/C14H19N3O4/c1-15-14(18)10-5-6-13(17(19)20)12(8-10)16-9-11-4-2-3-7-21-11/h5-6,8,11,16H,2-4,7,9H2,1H3,(H,15,18). The summed E-state index contributed by atoms with van der Waals surface area (Å²) in [5, 5.41) is 16.6. The second-order valence-corrected chi connectivity index (χ2v) is 4.94. The van der Waals surface area contributed by atoms with E-state index in [1.807, 2.05) is 0 Å². The fourth-order valence-electron chi connectivity index (χ4n) is 2.31. The molecular weight excluding hydrogens is 274 g/mol. The molecule has 1 aromatic rings. The van der Waals surface area contributed by atoms with Gasteiger partial charge >= 0.3 is 0 Å². The number of hydrogen-bond acceptors (Lipinski definition) is 5. The van der Waals surface area contributed by atoms with Gasteiger partial charge in [-0.1, -0.05) is 0 Å². The van der Waals surface area contributed by atoms with E-state index >= 15 is 0 Å². The normalized spacial score (nSPS) is 18.0. The maximum absolute atomic E-state index is 11.6. The van der Waals surface area contributed by atoms with Crippen molar-refractivity contribution in [1.29, 1.82) is 0 Å². The summed E-state index contributed by atoms with van der Waals surface area (Å²) in [6, 6.07) is 4.29. The third-order valence-electron chi connectivity index (χ3n) is 3.48. The first-order valence-corrected chi connectivity index (χ1v) is 6.98. The molecule has 0 aromatic heterocycles. The SMILES string of the molecule is CNC(=O)c1ccc([N+](=O)[O-])c(NCC2CCCCO2)c1. The van der Waals surface area contributed by atoms with Gasteiger partial charge in [-0.2, -0.15) is 0 Å². The predicted molar refractivity (Wildman–Crippen MR) is 78.6 cm³/mol. The summed E-state index contributed by atoms with van der Waals surface area (Å²) < 4.78 is 5.59. The number of anilines is 1. The zero-order chi connectivity index (χ0) is 15.2. The highest BCUT2D eigenvalue weighted by Gasteiger charge is 2.19. The molecule has 7 nitrogen and oxygen atoms in total. The van der Waals surface area contributed by atoms with Crippen LogP contribution in [0.15, 0.2) is 18.2 Å². The van der Waals surface area contributed by atoms with Crippen LogP contribution in [0.4, 0.5) is 11.4 Å². The summed E-state index contributed by atoms with van der Waals surface area (Å²) >= 11 is 0. The molecule has 1 saturated heterocycles. The predicted octanol–water partition coefficient (Wildman–Crippen LogP) is 1.94. The molecule has 114 valence electrons. The number of rotatable bonds is 5. The second kappa shape index (κ2) is 7.03. The molecule has 2 N–H and O–H groups in total. The van der Waals surface area contributed by atoms with Gasteiger partial charge in [-0.3, -0.25) is 14.9 Å². The van der Waals surface area contributed by atoms with Gasteiger partial charge in [0.1, 0.15) is 5.69 Å². The van der Waals surface area contributed by atoms with Crippen LogP contribution in [0.3, 0.4) is 0 Å². The number of nitro groups is 1. The Hall–Kier alpha value is -2.15. The summed E-state index contributed by atoms with van der Waals surface area (Å²) in [4.78, 5) is 22.2. The molecule has 2 rings (SSSR count). The van der Waals surface area contributed by atoms with E-state index in [-0.39, 0.29) is 17.7 Å². The minimum absolute atomic E-state index is 0.0431. The van der Waals surface area contributed by atoms with Crippen LogP contribution in [0.1, 0.15) is 29.6 Å². The molecule has 0 radical (unpaired) electrons. The van der Waals surface area contributed by atoms with Gasteiger partial charge in [0.25, 0.3) is 11.6 Å². The monoisotopic (exact) mass is 293 g/mol. The van der Waals surface area contributed by atoms with E-state index in [1.165, 1.54) is 25.2 Å². The van der Waals surface area contributed by atoms with Gasteiger partial charge in [0, 0.05) is 31.8 Å². The number of nitrogens with zero attached hydrogens (tertiary/aromatic N) is 1. The van der Waals surface area contributed by atoms with Gasteiger partial charge in [-0.25, -0.2) is 0 Å². The van der Waals surface area contributed by atoms with E-state index in [0.717, 1.165) is 25.9 Å². The zero-order valence-electron chi connectivity index (χ0n) is 11.9. The first-order valence-electron chi connectivity index (χ1n) is 6.98. The Morgan fingerprint density at radius 2 is 2.29 bits per heavy atom. The lowest BCUT2D eigenvalue weighted by atomic mass is 10.1. The Kier molecular flexibility index (Phi) is 5.10. The molecule has 7 heteroatoms. The molecule has 21 heavy (non-hydrogen) atoms. The lowest BCUT2D eigenvalue weighted by molar-refractivity contribution is -0.384. The number of benzene rings is 1. The van der Waals surface area contributed by atoms with Crippen molar-refractivity contribution in [3.8, 4) is 0 Å². The van der Waals surface area contributed by atoms with Crippen LogP contribution < -0.4 is 10.6 Å². The maximum atomic E-state index is 11.6. The highest BCUT2D eigenvalue weighted by Crippen LogP contribution is 2.26. The average Bonchev–Trinajstić information content (AvgIpc) is 2.52. The Morgan fingerprint density at radius 1 is 1.48 bits per heavy atom. The van der Waals surface area contributed by atoms with Crippen LogP contribution in [0.25, 0.3) is 0 Å². The molecule has 1 aliphatic heterocycles. The minimum atomic E-state index is -0.461. The van der Waals surface area contributed by atoms with E-state index in [4.69, 9.17) is 4.74 Å². The number of carbonyl (C=O) groups is 1. The Labute approximate surface area is 122 Å². The smallest absolute Gasteiger partial charge is 0.292 e. The maximum Gasteiger partial charge on any atom is 0.292 e. The summed E-state index contributed by atoms with van der Waals surface area (Å²) in [5.41, 5.74) is 0.684. The number of nitrogens with one attached hydrogen (secondary N) is 2. The molecule has 0 saturated carbocycles. The Bertz CT molecular complexity index is 527. The van der Waals surface area contributed by atoms with Gasteiger partial charge in [0.15, 0.2) is 0 Å². The van der Waals surface area contributed by atoms with E-state index in [0.29, 0.717) is 17.8 Å². The molecule has 1 heterocycles. The highest BCUT2D eigenvalue weighted by molar-refractivity contribution is 5.95. The summed E-state index contributed by atoms with van der Waals surface area (Å²) in [7, 11) is 1.52. The van der Waals surface area contributed by atoms with Crippen molar-refractivity contribution in [3.05, 3.63) is 33.9 Å². The van der Waals surface area contributed by atoms with Gasteiger partial charge in [0.2, 0.25) is 0 Å². The van der Waals surface area contributed by atoms with Crippen LogP contribution in [-0.2, 0) is 4.74 Å². The van der Waals surface area contributed by atoms with Crippen molar-refractivity contribution >= 4 is 17.3 Å². The van der Waals surface area contributed by atoms with Crippen LogP contribution in [-0.4, -0.2) is 37.1 Å². The highest BCUT2D eigenvalue weighted by atomic mass is 16.6. The first kappa shape index (κ1) is 15.2. The van der Waals surface area contributed by atoms with Gasteiger partial charge in [0.05, 0.1) is 11.0 Å². The lowest BCUT2D eigenvalue weighted by Gasteiger charge is -2.23. The number of amides is 1. The van der Waals surface area contributed by atoms with Gasteiger partial charge in [-0.15, -0.1) is 0 Å². The van der Waals surface area contributed by atoms with Crippen molar-refractivity contribution in [2.75, 3.05) is 25.5 Å². The Morgan fingerprint density at radius 3 is 2.90 bits per heavy atom. The molecular formula is C14H19N3O4. The first-order chi connectivity index (χ1) is 10.1. The second-order valence-electron chi connectivity index (χ2n) is 4.94. The number of hydrogen-bond donors (Lipinski definition) is 2. The number of carbonyl (C=O) groups excluding carboxylic acids is 1. The van der Waals surface area contributed by atoms with E-state index in [2.05, 4.69) is 10.6 Å². The summed E-state index contributed by atoms with van der Waals surface area (Å²) in [6.07, 6.45) is 3.16. The molecule has 1 amide bonds. The zero-order valence-corrected chi connectivity index (χ0v) is 11.9. The molecule has 0 spiro atoms. The average molecular weight is 293 g/mol. The number of ether oxygens (including phenoxy) is 1. The van der Waals surface area contributed by atoms with Crippen molar-refractivity contribution in [3.63, 3.8) is 0 Å². The van der Waals surface area contributed by atoms with Crippen LogP contribution in [0.5, 0.6) is 0 Å². The van der Waals surface area contributed by atoms with E-state index in [1.54, 1.807) is 0 Å². The topological polar surface area (TPSA) is 93.5 Å². The third kappa shape index (κ3) is 3.91. The lowest BCUT2D eigenvalue weighted by Crippen LogP contribution is -2.27. The fourth-order valence-corrected chi connectivity index (χ4v) is 2.31. The van der Waals surface area contributed by atoms with E-state index in [9.17, 15) is 14.9 Å². The molecule has 0 bridgehead atoms. The summed E-state index contributed by atoms with van der Waals surface area (Å²) in [6.45, 7) is 1.23. The molecule has 1 unspecified atom stereocenters. The molecule has 1 atom stereocenters. The van der Waals surface area contributed by atoms with Crippen molar-refractivity contribution in [2.45, 2.75) is 25.4 Å². The van der Waals surface area contributed by atoms with Crippen molar-refractivity contribution in [1.82, 2.24) is 5.32 Å². The largest absolute Gasteiger partial charge is 0.377 e. The van der Waals surface area contributed by atoms with Crippen molar-refractivity contribution < 1.29 is 14.5 Å². The molecule has 1 aliphatic rings. The van der Waals surface area contributed by atoms with Crippen LogP contribution in [0.2, 0.25) is 0 Å². The van der Waals surface area contributed by atoms with Crippen molar-refractivity contribution in [2.24, 2.45) is 0 Å². The van der Waals surface area contributed by atoms with Gasteiger partial charge in [-0.05, 0) is 31.4 Å². The minimum Gasteiger partial charge on any atom is -0.377 e. The number of nitro benzene ring substituents is 1. The molecule has 0 aliphatic carbocycles. The van der Waals surface area contributed by atoms with Gasteiger partial charge < -0.3 is 15.4 Å². The fraction of sp³-hybridized carbons (Fsp3) is 0.500. The third-order valence-corrected chi connectivity index (χ3v) is 3.48.